The number of amides is 2. The van der Waals surface area contributed by atoms with Crippen LogP contribution < -0.4 is 11.1 Å². The first-order chi connectivity index (χ1) is 14.4. The highest BCUT2D eigenvalue weighted by atomic mass is 16.2. The molecule has 5 nitrogen and oxygen atoms in total. The van der Waals surface area contributed by atoms with E-state index in [2.05, 4.69) is 60.5 Å². The molecule has 0 bridgehead atoms. The molecular weight excluding hydrogens is 374 g/mol. The van der Waals surface area contributed by atoms with Gasteiger partial charge >= 0.3 is 0 Å². The summed E-state index contributed by atoms with van der Waals surface area (Å²) in [4.78, 5) is 26.9. The zero-order chi connectivity index (χ0) is 21.4. The predicted molar refractivity (Wildman–Crippen MR) is 118 cm³/mol. The van der Waals surface area contributed by atoms with Crippen LogP contribution in [0, 0.1) is 11.8 Å². The number of carbonyl (C=O) groups is 2. The van der Waals surface area contributed by atoms with E-state index >= 15 is 0 Å². The highest BCUT2D eigenvalue weighted by Gasteiger charge is 2.43. The Morgan fingerprint density at radius 3 is 2.23 bits per heavy atom. The quantitative estimate of drug-likeness (QED) is 0.740. The van der Waals surface area contributed by atoms with Crippen molar-refractivity contribution in [2.24, 2.45) is 17.6 Å². The van der Waals surface area contributed by atoms with Crippen molar-refractivity contribution in [2.75, 3.05) is 13.6 Å². The lowest BCUT2D eigenvalue weighted by Crippen LogP contribution is -2.53. The maximum absolute atomic E-state index is 12.7. The Kier molecular flexibility index (Phi) is 5.65. The van der Waals surface area contributed by atoms with Crippen LogP contribution in [0.3, 0.4) is 0 Å². The SMILES string of the molecule is CC(C)c1ccc(C(NC(=O)C2CC2)c2ccccc2C2C(C(N)=O)CN2C)cc1. The second-order valence-electron chi connectivity index (χ2n) is 9.06. The molecule has 1 aliphatic carbocycles. The van der Waals surface area contributed by atoms with E-state index in [1.165, 1.54) is 5.56 Å². The lowest BCUT2D eigenvalue weighted by molar-refractivity contribution is -0.130. The molecule has 0 spiro atoms. The van der Waals surface area contributed by atoms with E-state index < -0.39 is 0 Å². The van der Waals surface area contributed by atoms with Crippen molar-refractivity contribution < 1.29 is 9.59 Å². The van der Waals surface area contributed by atoms with Gasteiger partial charge in [0.2, 0.25) is 11.8 Å². The first-order valence-electron chi connectivity index (χ1n) is 10.9. The highest BCUT2D eigenvalue weighted by Crippen LogP contribution is 2.41. The summed E-state index contributed by atoms with van der Waals surface area (Å²) >= 11 is 0. The molecule has 1 saturated heterocycles. The molecule has 2 aromatic rings. The van der Waals surface area contributed by atoms with Gasteiger partial charge in [-0.1, -0.05) is 62.4 Å². The van der Waals surface area contributed by atoms with Gasteiger partial charge in [0.1, 0.15) is 0 Å². The first-order valence-corrected chi connectivity index (χ1v) is 10.9. The third-order valence-electron chi connectivity index (χ3n) is 6.50. The topological polar surface area (TPSA) is 75.4 Å². The fourth-order valence-corrected chi connectivity index (χ4v) is 4.46. The minimum atomic E-state index is -0.271. The standard InChI is InChI=1S/C25H31N3O2/c1-15(2)16-8-10-17(11-9-16)22(27-25(30)18-12-13-18)19-6-4-5-7-20(19)23-21(24(26)29)14-28(23)3/h4-11,15,18,21-23H,12-14H2,1-3H3,(H2,26,29)(H,27,30). The van der Waals surface area contributed by atoms with E-state index in [1.807, 2.05) is 19.2 Å². The molecule has 3 N–H and O–H groups in total. The van der Waals surface area contributed by atoms with Crippen molar-refractivity contribution in [3.05, 3.63) is 70.8 Å². The van der Waals surface area contributed by atoms with Gasteiger partial charge in [0.25, 0.3) is 0 Å². The molecule has 30 heavy (non-hydrogen) atoms. The number of carbonyl (C=O) groups excluding carboxylic acids is 2. The number of hydrogen-bond acceptors (Lipinski definition) is 3. The number of benzene rings is 2. The summed E-state index contributed by atoms with van der Waals surface area (Å²) in [6.45, 7) is 5.01. The number of nitrogens with two attached hydrogens (primary N) is 1. The summed E-state index contributed by atoms with van der Waals surface area (Å²) in [7, 11) is 2.01. The monoisotopic (exact) mass is 405 g/mol. The van der Waals surface area contributed by atoms with Crippen molar-refractivity contribution in [1.82, 2.24) is 10.2 Å². The normalized spacial score (nSPS) is 22.4. The summed E-state index contributed by atoms with van der Waals surface area (Å²) < 4.78 is 0. The number of rotatable bonds is 7. The van der Waals surface area contributed by atoms with Gasteiger partial charge in [0, 0.05) is 18.5 Å². The van der Waals surface area contributed by atoms with E-state index in [1.54, 1.807) is 0 Å². The van der Waals surface area contributed by atoms with Crippen LogP contribution in [0.15, 0.2) is 48.5 Å². The van der Waals surface area contributed by atoms with Crippen LogP contribution in [0.1, 0.15) is 66.9 Å². The molecule has 158 valence electrons. The summed E-state index contributed by atoms with van der Waals surface area (Å²) in [5.41, 5.74) is 10.1. The first kappa shape index (κ1) is 20.6. The van der Waals surface area contributed by atoms with Gasteiger partial charge < -0.3 is 11.1 Å². The fraction of sp³-hybridized carbons (Fsp3) is 0.440. The highest BCUT2D eigenvalue weighted by molar-refractivity contribution is 5.82. The predicted octanol–water partition coefficient (Wildman–Crippen LogP) is 3.51. The van der Waals surface area contributed by atoms with Crippen LogP contribution in [0.5, 0.6) is 0 Å². The van der Waals surface area contributed by atoms with Gasteiger partial charge in [0.15, 0.2) is 0 Å². The van der Waals surface area contributed by atoms with Crippen LogP contribution in [0.2, 0.25) is 0 Å². The van der Waals surface area contributed by atoms with Crippen LogP contribution >= 0.6 is 0 Å². The molecule has 0 radical (unpaired) electrons. The van der Waals surface area contributed by atoms with Crippen LogP contribution in [-0.2, 0) is 9.59 Å². The minimum Gasteiger partial charge on any atom is -0.369 e. The zero-order valence-corrected chi connectivity index (χ0v) is 18.0. The van der Waals surface area contributed by atoms with E-state index in [-0.39, 0.29) is 35.7 Å². The summed E-state index contributed by atoms with van der Waals surface area (Å²) in [5, 5.41) is 3.29. The maximum Gasteiger partial charge on any atom is 0.223 e. The van der Waals surface area contributed by atoms with E-state index in [4.69, 9.17) is 5.73 Å². The Bertz CT molecular complexity index is 934. The molecule has 1 heterocycles. The Morgan fingerprint density at radius 2 is 1.67 bits per heavy atom. The average Bonchev–Trinajstić information content (AvgIpc) is 3.56. The Balaban J connectivity index is 1.74. The second kappa shape index (κ2) is 8.23. The molecule has 2 aromatic carbocycles. The van der Waals surface area contributed by atoms with Crippen molar-refractivity contribution in [3.63, 3.8) is 0 Å². The zero-order valence-electron chi connectivity index (χ0n) is 18.0. The van der Waals surface area contributed by atoms with Crippen LogP contribution in [-0.4, -0.2) is 30.3 Å². The van der Waals surface area contributed by atoms with Crippen molar-refractivity contribution in [3.8, 4) is 0 Å². The van der Waals surface area contributed by atoms with Crippen molar-refractivity contribution in [1.29, 1.82) is 0 Å². The molecule has 0 aromatic heterocycles. The van der Waals surface area contributed by atoms with E-state index in [9.17, 15) is 9.59 Å². The van der Waals surface area contributed by atoms with Gasteiger partial charge in [-0.05, 0) is 48.1 Å². The average molecular weight is 406 g/mol. The fourth-order valence-electron chi connectivity index (χ4n) is 4.46. The van der Waals surface area contributed by atoms with E-state index in [0.717, 1.165) is 29.5 Å². The smallest absolute Gasteiger partial charge is 0.223 e. The number of likely N-dealkylation sites (tertiary alicyclic amines) is 1. The van der Waals surface area contributed by atoms with Gasteiger partial charge in [-0.3, -0.25) is 14.5 Å². The Hall–Kier alpha value is -2.66. The molecule has 1 saturated carbocycles. The maximum atomic E-state index is 12.7. The van der Waals surface area contributed by atoms with Gasteiger partial charge in [-0.15, -0.1) is 0 Å². The summed E-state index contributed by atoms with van der Waals surface area (Å²) in [6, 6.07) is 16.3. The molecule has 3 unspecified atom stereocenters. The lowest BCUT2D eigenvalue weighted by Gasteiger charge is -2.45. The number of nitrogens with one attached hydrogen (secondary N) is 1. The molecule has 2 fully saturated rings. The van der Waals surface area contributed by atoms with Gasteiger partial charge in [-0.2, -0.15) is 0 Å². The van der Waals surface area contributed by atoms with Crippen molar-refractivity contribution in [2.45, 2.75) is 44.7 Å². The summed E-state index contributed by atoms with van der Waals surface area (Å²) in [6.07, 6.45) is 1.92. The Morgan fingerprint density at radius 1 is 1.03 bits per heavy atom. The van der Waals surface area contributed by atoms with Gasteiger partial charge in [0.05, 0.1) is 12.0 Å². The molecular formula is C25H31N3O2. The molecule has 2 aliphatic rings. The number of hydrogen-bond donors (Lipinski definition) is 2. The molecule has 2 amide bonds. The number of nitrogens with zero attached hydrogens (tertiary/aromatic N) is 1. The van der Waals surface area contributed by atoms with Gasteiger partial charge in [-0.25, -0.2) is 0 Å². The van der Waals surface area contributed by atoms with Crippen molar-refractivity contribution >= 4 is 11.8 Å². The molecule has 3 atom stereocenters. The van der Waals surface area contributed by atoms with Crippen LogP contribution in [0.4, 0.5) is 0 Å². The largest absolute Gasteiger partial charge is 0.369 e. The molecule has 4 rings (SSSR count). The number of primary amides is 1. The molecule has 5 heteroatoms. The lowest BCUT2D eigenvalue weighted by atomic mass is 9.79. The minimum absolute atomic E-state index is 0.0611. The van der Waals surface area contributed by atoms with Crippen LogP contribution in [0.25, 0.3) is 0 Å². The second-order valence-corrected chi connectivity index (χ2v) is 9.06. The third-order valence-corrected chi connectivity index (χ3v) is 6.50. The molecule has 1 aliphatic heterocycles. The summed E-state index contributed by atoms with van der Waals surface area (Å²) in [5.74, 6) is 0.202. The Labute approximate surface area is 178 Å². The third kappa shape index (κ3) is 3.99. The van der Waals surface area contributed by atoms with E-state index in [0.29, 0.717) is 12.5 Å².